The first-order chi connectivity index (χ1) is 6.81. The molecule has 1 aromatic carbocycles. The molecule has 0 saturated heterocycles. The molecule has 2 rings (SSSR count). The van der Waals surface area contributed by atoms with Gasteiger partial charge in [-0.15, -0.1) is 5.10 Å². The highest BCUT2D eigenvalue weighted by molar-refractivity contribution is 7.12. The van der Waals surface area contributed by atoms with E-state index in [0.29, 0.717) is 12.4 Å². The molecular formula is C10H10N2OS. The van der Waals surface area contributed by atoms with Crippen LogP contribution in [0.3, 0.4) is 0 Å². The number of fused-ring (bicyclic) bond motifs is 1. The maximum absolute atomic E-state index is 5.31. The second kappa shape index (κ2) is 3.75. The number of ether oxygens (including phenoxy) is 1. The molecule has 1 aromatic heterocycles. The first kappa shape index (κ1) is 9.15. The summed E-state index contributed by atoms with van der Waals surface area (Å²) >= 11 is 1.39. The topological polar surface area (TPSA) is 35.0 Å². The fourth-order valence-electron chi connectivity index (χ4n) is 1.21. The van der Waals surface area contributed by atoms with Gasteiger partial charge in [0.2, 0.25) is 0 Å². The third kappa shape index (κ3) is 1.61. The van der Waals surface area contributed by atoms with Gasteiger partial charge < -0.3 is 4.74 Å². The van der Waals surface area contributed by atoms with E-state index in [2.05, 4.69) is 16.2 Å². The Morgan fingerprint density at radius 3 is 3.21 bits per heavy atom. The lowest BCUT2D eigenvalue weighted by molar-refractivity contribution is 0.299. The van der Waals surface area contributed by atoms with E-state index in [-0.39, 0.29) is 0 Å². The van der Waals surface area contributed by atoms with Gasteiger partial charge in [-0.3, -0.25) is 0 Å². The summed E-state index contributed by atoms with van der Waals surface area (Å²) in [6.07, 6.45) is 0. The maximum atomic E-state index is 5.31. The highest BCUT2D eigenvalue weighted by atomic mass is 32.1. The van der Waals surface area contributed by atoms with Crippen molar-refractivity contribution in [3.05, 3.63) is 30.3 Å². The predicted octanol–water partition coefficient (Wildman–Crippen LogP) is 2.70. The Bertz CT molecular complexity index is 464. The maximum Gasteiger partial charge on any atom is 0.119 e. The number of nitrogens with zero attached hydrogens (tertiary/aromatic N) is 2. The van der Waals surface area contributed by atoms with Crippen LogP contribution in [-0.2, 0) is 4.74 Å². The van der Waals surface area contributed by atoms with Crippen molar-refractivity contribution in [1.82, 2.24) is 9.59 Å². The Hall–Kier alpha value is -1.42. The number of rotatable bonds is 3. The molecule has 2 aromatic rings. The Morgan fingerprint density at radius 1 is 1.57 bits per heavy atom. The zero-order chi connectivity index (χ0) is 9.97. The van der Waals surface area contributed by atoms with Gasteiger partial charge in [-0.05, 0) is 36.7 Å². The van der Waals surface area contributed by atoms with Crippen molar-refractivity contribution < 1.29 is 4.74 Å². The van der Waals surface area contributed by atoms with E-state index < -0.39 is 0 Å². The first-order valence-corrected chi connectivity index (χ1v) is 5.13. The Balaban J connectivity index is 2.38. The smallest absolute Gasteiger partial charge is 0.119 e. The van der Waals surface area contributed by atoms with Crippen LogP contribution in [0.15, 0.2) is 24.8 Å². The lowest BCUT2D eigenvalue weighted by atomic mass is 10.2. The van der Waals surface area contributed by atoms with Crippen LogP contribution in [-0.4, -0.2) is 16.2 Å². The molecule has 0 aliphatic rings. The van der Waals surface area contributed by atoms with Crippen LogP contribution >= 0.6 is 11.5 Å². The molecule has 72 valence electrons. The summed E-state index contributed by atoms with van der Waals surface area (Å²) in [5, 5.41) is 3.99. The molecule has 0 unspecified atom stereocenters. The van der Waals surface area contributed by atoms with Gasteiger partial charge in [0.15, 0.2) is 0 Å². The van der Waals surface area contributed by atoms with Crippen LogP contribution in [0.4, 0.5) is 0 Å². The van der Waals surface area contributed by atoms with Gasteiger partial charge in [-0.25, -0.2) is 0 Å². The van der Waals surface area contributed by atoms with E-state index in [1.165, 1.54) is 11.5 Å². The van der Waals surface area contributed by atoms with Gasteiger partial charge in [0.25, 0.3) is 0 Å². The van der Waals surface area contributed by atoms with Crippen molar-refractivity contribution in [3.63, 3.8) is 0 Å². The van der Waals surface area contributed by atoms with E-state index >= 15 is 0 Å². The van der Waals surface area contributed by atoms with Gasteiger partial charge in [-0.1, -0.05) is 11.1 Å². The fraction of sp³-hybridized carbons (Fsp3) is 0.200. The largest absolute Gasteiger partial charge is 0.494 e. The average molecular weight is 206 g/mol. The molecule has 0 radical (unpaired) electrons. The summed E-state index contributed by atoms with van der Waals surface area (Å²) in [5.41, 5.74) is 1.86. The van der Waals surface area contributed by atoms with Crippen LogP contribution in [0.2, 0.25) is 0 Å². The minimum absolute atomic E-state index is 0.631. The minimum Gasteiger partial charge on any atom is -0.494 e. The SMILES string of the molecule is C=C(OCC)c1ccc2snnc2c1. The lowest BCUT2D eigenvalue weighted by Gasteiger charge is -2.05. The van der Waals surface area contributed by atoms with Crippen LogP contribution in [0.25, 0.3) is 16.0 Å². The van der Waals surface area contributed by atoms with Crippen molar-refractivity contribution in [1.29, 1.82) is 0 Å². The van der Waals surface area contributed by atoms with E-state index in [1.54, 1.807) is 0 Å². The van der Waals surface area contributed by atoms with Gasteiger partial charge in [0.1, 0.15) is 11.3 Å². The predicted molar refractivity (Wildman–Crippen MR) is 58.1 cm³/mol. The quantitative estimate of drug-likeness (QED) is 0.724. The van der Waals surface area contributed by atoms with E-state index in [1.807, 2.05) is 25.1 Å². The molecule has 3 nitrogen and oxygen atoms in total. The molecule has 0 aliphatic heterocycles. The highest BCUT2D eigenvalue weighted by Gasteiger charge is 2.03. The molecule has 0 amide bonds. The average Bonchev–Trinajstić information content (AvgIpc) is 2.64. The molecule has 14 heavy (non-hydrogen) atoms. The van der Waals surface area contributed by atoms with E-state index in [4.69, 9.17) is 4.74 Å². The zero-order valence-electron chi connectivity index (χ0n) is 7.86. The number of benzene rings is 1. The van der Waals surface area contributed by atoms with Crippen LogP contribution in [0.1, 0.15) is 12.5 Å². The number of hydrogen-bond donors (Lipinski definition) is 0. The molecule has 4 heteroatoms. The summed E-state index contributed by atoms with van der Waals surface area (Å²) in [6, 6.07) is 5.90. The lowest BCUT2D eigenvalue weighted by Crippen LogP contribution is -1.89. The molecule has 0 aliphatic carbocycles. The zero-order valence-corrected chi connectivity index (χ0v) is 8.67. The second-order valence-electron chi connectivity index (χ2n) is 2.81. The van der Waals surface area contributed by atoms with Crippen molar-refractivity contribution >= 4 is 27.5 Å². The third-order valence-corrected chi connectivity index (χ3v) is 2.59. The van der Waals surface area contributed by atoms with Crippen LogP contribution in [0.5, 0.6) is 0 Å². The van der Waals surface area contributed by atoms with Gasteiger partial charge in [0.05, 0.1) is 11.3 Å². The van der Waals surface area contributed by atoms with Crippen LogP contribution in [0, 0.1) is 0 Å². The molecule has 0 N–H and O–H groups in total. The molecule has 0 atom stereocenters. The Morgan fingerprint density at radius 2 is 2.43 bits per heavy atom. The minimum atomic E-state index is 0.631. The summed E-state index contributed by atoms with van der Waals surface area (Å²) in [6.45, 7) is 6.41. The van der Waals surface area contributed by atoms with Gasteiger partial charge in [0, 0.05) is 5.56 Å². The molecule has 0 spiro atoms. The normalized spacial score (nSPS) is 10.4. The fourth-order valence-corrected chi connectivity index (χ4v) is 1.75. The van der Waals surface area contributed by atoms with Crippen molar-refractivity contribution in [3.8, 4) is 0 Å². The monoisotopic (exact) mass is 206 g/mol. The first-order valence-electron chi connectivity index (χ1n) is 4.35. The summed E-state index contributed by atoms with van der Waals surface area (Å²) in [4.78, 5) is 0. The van der Waals surface area contributed by atoms with E-state index in [9.17, 15) is 0 Å². The highest BCUT2D eigenvalue weighted by Crippen LogP contribution is 2.21. The number of hydrogen-bond acceptors (Lipinski definition) is 4. The molecule has 0 fully saturated rings. The summed E-state index contributed by atoms with van der Waals surface area (Å²) in [7, 11) is 0. The molecule has 1 heterocycles. The molecule has 0 bridgehead atoms. The molecular weight excluding hydrogens is 196 g/mol. The standard InChI is InChI=1S/C10H10N2OS/c1-3-13-7(2)8-4-5-10-9(6-8)11-12-14-10/h4-6H,2-3H2,1H3. The van der Waals surface area contributed by atoms with Crippen molar-refractivity contribution in [2.24, 2.45) is 0 Å². The van der Waals surface area contributed by atoms with Gasteiger partial charge in [-0.2, -0.15) is 0 Å². The van der Waals surface area contributed by atoms with E-state index in [0.717, 1.165) is 15.8 Å². The van der Waals surface area contributed by atoms with Crippen molar-refractivity contribution in [2.45, 2.75) is 6.92 Å². The Kier molecular flexibility index (Phi) is 2.45. The Labute approximate surface area is 86.2 Å². The summed E-state index contributed by atoms with van der Waals surface area (Å²) < 4.78 is 10.3. The third-order valence-electron chi connectivity index (χ3n) is 1.89. The second-order valence-corrected chi connectivity index (χ2v) is 3.60. The molecule has 0 saturated carbocycles. The number of aromatic nitrogens is 2. The van der Waals surface area contributed by atoms with Crippen molar-refractivity contribution in [2.75, 3.05) is 6.61 Å². The summed E-state index contributed by atoms with van der Waals surface area (Å²) in [5.74, 6) is 0.683. The van der Waals surface area contributed by atoms with Crippen LogP contribution < -0.4 is 0 Å². The van der Waals surface area contributed by atoms with Gasteiger partial charge >= 0.3 is 0 Å².